The summed E-state index contributed by atoms with van der Waals surface area (Å²) in [7, 11) is 0. The summed E-state index contributed by atoms with van der Waals surface area (Å²) >= 11 is 0. The van der Waals surface area contributed by atoms with Gasteiger partial charge in [0.2, 0.25) is 5.88 Å². The zero-order chi connectivity index (χ0) is 17.5. The number of nitrogens with one attached hydrogen (secondary N) is 2. The van der Waals surface area contributed by atoms with Crippen LogP contribution in [0.3, 0.4) is 0 Å². The van der Waals surface area contributed by atoms with Crippen LogP contribution in [-0.2, 0) is 13.0 Å². The largest absolute Gasteiger partial charge is 0.478 e. The first-order valence-electron chi connectivity index (χ1n) is 8.27. The van der Waals surface area contributed by atoms with Gasteiger partial charge in [0.15, 0.2) is 0 Å². The molecule has 3 aromatic rings. The van der Waals surface area contributed by atoms with Gasteiger partial charge in [0.05, 0.1) is 12.3 Å². The van der Waals surface area contributed by atoms with Crippen LogP contribution in [0, 0.1) is 0 Å². The number of pyridine rings is 2. The Balaban J connectivity index is 1.45. The Morgan fingerprint density at radius 1 is 1.24 bits per heavy atom. The molecule has 0 aliphatic heterocycles. The van der Waals surface area contributed by atoms with Gasteiger partial charge in [-0.25, -0.2) is 14.8 Å². The predicted molar refractivity (Wildman–Crippen MR) is 94.5 cm³/mol. The molecule has 0 aliphatic rings. The number of imidazole rings is 1. The van der Waals surface area contributed by atoms with E-state index in [1.807, 2.05) is 54.0 Å². The Hall–Kier alpha value is -3.09. The SMILES string of the molecule is CCOc1ncccc1CNC(=O)NCCc1cn2ccccc2n1. The third-order valence-corrected chi connectivity index (χ3v) is 3.65. The van der Waals surface area contributed by atoms with Crippen molar-refractivity contribution in [3.8, 4) is 5.88 Å². The molecule has 0 aromatic carbocycles. The van der Waals surface area contributed by atoms with Crippen LogP contribution in [0.5, 0.6) is 5.88 Å². The van der Waals surface area contributed by atoms with Crippen LogP contribution in [-0.4, -0.2) is 33.6 Å². The van der Waals surface area contributed by atoms with E-state index in [0.717, 1.165) is 16.9 Å². The zero-order valence-electron chi connectivity index (χ0n) is 14.1. The van der Waals surface area contributed by atoms with Gasteiger partial charge in [-0.3, -0.25) is 0 Å². The molecule has 0 saturated carbocycles. The zero-order valence-corrected chi connectivity index (χ0v) is 14.1. The second-order valence-corrected chi connectivity index (χ2v) is 5.46. The first-order valence-corrected chi connectivity index (χ1v) is 8.27. The van der Waals surface area contributed by atoms with Gasteiger partial charge in [-0.05, 0) is 25.1 Å². The lowest BCUT2D eigenvalue weighted by molar-refractivity contribution is 0.240. The van der Waals surface area contributed by atoms with Crippen LogP contribution in [0.25, 0.3) is 5.65 Å². The molecule has 0 spiro atoms. The van der Waals surface area contributed by atoms with Crippen LogP contribution in [0.1, 0.15) is 18.2 Å². The standard InChI is InChI=1S/C18H21N5O2/c1-2-25-17-14(6-5-9-19-17)12-21-18(24)20-10-8-15-13-23-11-4-3-7-16(23)22-15/h3-7,9,11,13H,2,8,10,12H2,1H3,(H2,20,21,24). The lowest BCUT2D eigenvalue weighted by Crippen LogP contribution is -2.36. The lowest BCUT2D eigenvalue weighted by atomic mass is 10.2. The van der Waals surface area contributed by atoms with Crippen molar-refractivity contribution in [1.29, 1.82) is 0 Å². The van der Waals surface area contributed by atoms with E-state index in [2.05, 4.69) is 20.6 Å². The Labute approximate surface area is 146 Å². The smallest absolute Gasteiger partial charge is 0.315 e. The number of carbonyl (C=O) groups is 1. The number of urea groups is 1. The van der Waals surface area contributed by atoms with Gasteiger partial charge in [-0.2, -0.15) is 0 Å². The number of hydrogen-bond acceptors (Lipinski definition) is 4. The van der Waals surface area contributed by atoms with E-state index in [9.17, 15) is 4.79 Å². The maximum atomic E-state index is 11.9. The quantitative estimate of drug-likeness (QED) is 0.691. The van der Waals surface area contributed by atoms with Gasteiger partial charge < -0.3 is 19.8 Å². The fourth-order valence-corrected chi connectivity index (χ4v) is 2.48. The average molecular weight is 339 g/mol. The second-order valence-electron chi connectivity index (χ2n) is 5.46. The third-order valence-electron chi connectivity index (χ3n) is 3.65. The lowest BCUT2D eigenvalue weighted by Gasteiger charge is -2.10. The van der Waals surface area contributed by atoms with Crippen molar-refractivity contribution >= 4 is 11.7 Å². The monoisotopic (exact) mass is 339 g/mol. The van der Waals surface area contributed by atoms with E-state index in [4.69, 9.17) is 4.74 Å². The third kappa shape index (κ3) is 4.47. The highest BCUT2D eigenvalue weighted by Gasteiger charge is 2.07. The summed E-state index contributed by atoms with van der Waals surface area (Å²) in [6.07, 6.45) is 6.27. The molecule has 3 rings (SSSR count). The molecule has 2 N–H and O–H groups in total. The number of aromatic nitrogens is 3. The molecule has 0 unspecified atom stereocenters. The van der Waals surface area contributed by atoms with E-state index in [1.54, 1.807) is 6.20 Å². The fourth-order valence-electron chi connectivity index (χ4n) is 2.48. The number of rotatable bonds is 7. The van der Waals surface area contributed by atoms with Crippen molar-refractivity contribution < 1.29 is 9.53 Å². The fraction of sp³-hybridized carbons (Fsp3) is 0.278. The van der Waals surface area contributed by atoms with Gasteiger partial charge in [0, 0.05) is 43.7 Å². The molecule has 0 bridgehead atoms. The van der Waals surface area contributed by atoms with E-state index in [0.29, 0.717) is 32.0 Å². The van der Waals surface area contributed by atoms with Crippen molar-refractivity contribution in [2.75, 3.05) is 13.2 Å². The number of hydrogen-bond donors (Lipinski definition) is 2. The normalized spacial score (nSPS) is 10.6. The minimum Gasteiger partial charge on any atom is -0.478 e. The number of nitrogens with zero attached hydrogens (tertiary/aromatic N) is 3. The van der Waals surface area contributed by atoms with Crippen molar-refractivity contribution in [1.82, 2.24) is 25.0 Å². The summed E-state index contributed by atoms with van der Waals surface area (Å²) in [5.41, 5.74) is 2.69. The second kappa shape index (κ2) is 8.14. The van der Waals surface area contributed by atoms with Gasteiger partial charge in [0.25, 0.3) is 0 Å². The highest BCUT2D eigenvalue weighted by molar-refractivity contribution is 5.73. The highest BCUT2D eigenvalue weighted by atomic mass is 16.5. The van der Waals surface area contributed by atoms with E-state index >= 15 is 0 Å². The first-order chi connectivity index (χ1) is 12.3. The first kappa shape index (κ1) is 16.8. The Morgan fingerprint density at radius 2 is 2.16 bits per heavy atom. The Bertz CT molecular complexity index is 813. The summed E-state index contributed by atoms with van der Waals surface area (Å²) < 4.78 is 7.41. The molecule has 0 radical (unpaired) electrons. The molecule has 130 valence electrons. The molecule has 25 heavy (non-hydrogen) atoms. The number of fused-ring (bicyclic) bond motifs is 1. The van der Waals surface area contributed by atoms with Crippen molar-refractivity contribution in [3.05, 3.63) is 60.2 Å². The summed E-state index contributed by atoms with van der Waals surface area (Å²) in [6.45, 7) is 3.32. The minimum atomic E-state index is -0.227. The van der Waals surface area contributed by atoms with Crippen molar-refractivity contribution in [2.24, 2.45) is 0 Å². The molecule has 0 atom stereocenters. The van der Waals surface area contributed by atoms with Gasteiger partial charge in [-0.15, -0.1) is 0 Å². The molecule has 2 amide bonds. The molecular formula is C18H21N5O2. The number of carbonyl (C=O) groups excluding carboxylic acids is 1. The van der Waals surface area contributed by atoms with Gasteiger partial charge >= 0.3 is 6.03 Å². The summed E-state index contributed by atoms with van der Waals surface area (Å²) in [5.74, 6) is 0.551. The Morgan fingerprint density at radius 3 is 3.00 bits per heavy atom. The molecule has 7 nitrogen and oxygen atoms in total. The molecule has 0 saturated heterocycles. The number of amides is 2. The molecular weight excluding hydrogens is 318 g/mol. The van der Waals surface area contributed by atoms with E-state index in [1.165, 1.54) is 0 Å². The van der Waals surface area contributed by atoms with Crippen molar-refractivity contribution in [3.63, 3.8) is 0 Å². The van der Waals surface area contributed by atoms with Crippen LogP contribution in [0.4, 0.5) is 4.79 Å². The predicted octanol–water partition coefficient (Wildman–Crippen LogP) is 2.17. The van der Waals surface area contributed by atoms with Crippen LogP contribution in [0.2, 0.25) is 0 Å². The van der Waals surface area contributed by atoms with Gasteiger partial charge in [0.1, 0.15) is 5.65 Å². The van der Waals surface area contributed by atoms with Crippen molar-refractivity contribution in [2.45, 2.75) is 19.9 Å². The molecule has 3 heterocycles. The molecule has 3 aromatic heterocycles. The maximum absolute atomic E-state index is 11.9. The molecule has 0 aliphatic carbocycles. The Kier molecular flexibility index (Phi) is 5.46. The maximum Gasteiger partial charge on any atom is 0.315 e. The summed E-state index contributed by atoms with van der Waals surface area (Å²) in [5, 5.41) is 5.65. The van der Waals surface area contributed by atoms with E-state index in [-0.39, 0.29) is 6.03 Å². The number of ether oxygens (including phenoxy) is 1. The van der Waals surface area contributed by atoms with E-state index < -0.39 is 0 Å². The van der Waals surface area contributed by atoms with Crippen LogP contribution in [0.15, 0.2) is 48.9 Å². The van der Waals surface area contributed by atoms with Gasteiger partial charge in [-0.1, -0.05) is 12.1 Å². The van der Waals surface area contributed by atoms with Crippen LogP contribution < -0.4 is 15.4 Å². The molecule has 0 fully saturated rings. The summed E-state index contributed by atoms with van der Waals surface area (Å²) in [4.78, 5) is 20.6. The highest BCUT2D eigenvalue weighted by Crippen LogP contribution is 2.13. The molecule has 7 heteroatoms. The topological polar surface area (TPSA) is 80.5 Å². The minimum absolute atomic E-state index is 0.227. The van der Waals surface area contributed by atoms with Crippen LogP contribution >= 0.6 is 0 Å². The average Bonchev–Trinajstić information content (AvgIpc) is 3.04. The summed E-state index contributed by atoms with van der Waals surface area (Å²) in [6, 6.07) is 9.34.